The highest BCUT2D eigenvalue weighted by molar-refractivity contribution is 6.31. The van der Waals surface area contributed by atoms with E-state index in [2.05, 4.69) is 4.98 Å². The number of carbonyl (C=O) groups is 1. The minimum absolute atomic E-state index is 0.218. The van der Waals surface area contributed by atoms with Crippen molar-refractivity contribution in [1.82, 2.24) is 14.5 Å². The molecule has 0 fully saturated rings. The zero-order chi connectivity index (χ0) is 21.8. The molecular formula is C22H23ClFN3O3. The van der Waals surface area contributed by atoms with Crippen LogP contribution < -0.4 is 5.56 Å². The van der Waals surface area contributed by atoms with Gasteiger partial charge in [-0.3, -0.25) is 14.2 Å². The van der Waals surface area contributed by atoms with Gasteiger partial charge in [0.15, 0.2) is 0 Å². The summed E-state index contributed by atoms with van der Waals surface area (Å²) >= 11 is 6.04. The third-order valence-corrected chi connectivity index (χ3v) is 5.21. The van der Waals surface area contributed by atoms with Crippen molar-refractivity contribution in [3.63, 3.8) is 0 Å². The average Bonchev–Trinajstić information content (AvgIpc) is 2.74. The van der Waals surface area contributed by atoms with Crippen molar-refractivity contribution in [3.8, 4) is 0 Å². The summed E-state index contributed by atoms with van der Waals surface area (Å²) in [5, 5.41) is 0.869. The van der Waals surface area contributed by atoms with Gasteiger partial charge in [0.1, 0.15) is 11.6 Å². The molecule has 3 rings (SSSR count). The number of amides is 1. The summed E-state index contributed by atoms with van der Waals surface area (Å²) in [6.45, 7) is 4.54. The van der Waals surface area contributed by atoms with Crippen LogP contribution in [0.15, 0.2) is 47.3 Å². The van der Waals surface area contributed by atoms with Gasteiger partial charge < -0.3 is 9.64 Å². The molecule has 30 heavy (non-hydrogen) atoms. The predicted molar refractivity (Wildman–Crippen MR) is 114 cm³/mol. The lowest BCUT2D eigenvalue weighted by atomic mass is 10.1. The number of nitrogens with zero attached hydrogens (tertiary/aromatic N) is 3. The largest absolute Gasteiger partial charge is 0.383 e. The standard InChI is InChI=1S/C22H23ClFN3O3/c1-4-26-20(25-19-9-8-16(23)13-18(19)22(26)29)14(2)27(10-11-30-3)21(28)15-6-5-7-17(24)12-15/h5-9,12-14H,4,10-11H2,1-3H3. The van der Waals surface area contributed by atoms with Gasteiger partial charge in [0.05, 0.1) is 23.6 Å². The van der Waals surface area contributed by atoms with Crippen molar-refractivity contribution >= 4 is 28.4 Å². The van der Waals surface area contributed by atoms with Crippen molar-refractivity contribution in [1.29, 1.82) is 0 Å². The first-order valence-electron chi connectivity index (χ1n) is 9.62. The summed E-state index contributed by atoms with van der Waals surface area (Å²) in [6.07, 6.45) is 0. The molecule has 1 heterocycles. The molecule has 3 aromatic rings. The molecule has 1 amide bonds. The van der Waals surface area contributed by atoms with Crippen LogP contribution >= 0.6 is 11.6 Å². The number of hydrogen-bond acceptors (Lipinski definition) is 4. The van der Waals surface area contributed by atoms with Crippen molar-refractivity contribution in [2.45, 2.75) is 26.4 Å². The van der Waals surface area contributed by atoms with E-state index >= 15 is 0 Å². The summed E-state index contributed by atoms with van der Waals surface area (Å²) in [7, 11) is 1.54. The molecule has 1 atom stereocenters. The number of fused-ring (bicyclic) bond motifs is 1. The fourth-order valence-electron chi connectivity index (χ4n) is 3.42. The van der Waals surface area contributed by atoms with E-state index in [9.17, 15) is 14.0 Å². The van der Waals surface area contributed by atoms with E-state index in [0.717, 1.165) is 0 Å². The molecule has 158 valence electrons. The number of carbonyl (C=O) groups excluding carboxylic acids is 1. The fourth-order valence-corrected chi connectivity index (χ4v) is 3.59. The van der Waals surface area contributed by atoms with Crippen molar-refractivity contribution < 1.29 is 13.9 Å². The van der Waals surface area contributed by atoms with Crippen molar-refractivity contribution in [2.75, 3.05) is 20.3 Å². The molecule has 1 aromatic heterocycles. The molecule has 0 aliphatic heterocycles. The molecule has 6 nitrogen and oxygen atoms in total. The summed E-state index contributed by atoms with van der Waals surface area (Å²) in [6, 6.07) is 9.91. The van der Waals surface area contributed by atoms with Gasteiger partial charge in [-0.2, -0.15) is 0 Å². The Labute approximate surface area is 178 Å². The first-order chi connectivity index (χ1) is 14.4. The van der Waals surface area contributed by atoms with E-state index in [-0.39, 0.29) is 30.2 Å². The van der Waals surface area contributed by atoms with Crippen LogP contribution in [0.4, 0.5) is 4.39 Å². The molecule has 0 aliphatic carbocycles. The summed E-state index contributed by atoms with van der Waals surface area (Å²) in [4.78, 5) is 32.4. The van der Waals surface area contributed by atoms with Crippen LogP contribution in [-0.4, -0.2) is 40.6 Å². The SMILES string of the molecule is CCn1c(C(C)N(CCOC)C(=O)c2cccc(F)c2)nc2ccc(Cl)cc2c1=O. The van der Waals surface area contributed by atoms with Gasteiger partial charge in [-0.15, -0.1) is 0 Å². The van der Waals surface area contributed by atoms with E-state index in [0.29, 0.717) is 28.3 Å². The number of hydrogen-bond donors (Lipinski definition) is 0. The normalized spacial score (nSPS) is 12.2. The van der Waals surface area contributed by atoms with E-state index < -0.39 is 11.9 Å². The van der Waals surface area contributed by atoms with Gasteiger partial charge in [-0.05, 0) is 50.2 Å². The van der Waals surface area contributed by atoms with Crippen LogP contribution in [0.1, 0.15) is 36.1 Å². The number of halogens is 2. The first-order valence-corrected chi connectivity index (χ1v) is 10.0. The van der Waals surface area contributed by atoms with E-state index in [1.165, 1.54) is 34.8 Å². The Balaban J connectivity index is 2.11. The third-order valence-electron chi connectivity index (χ3n) is 4.97. The van der Waals surface area contributed by atoms with E-state index in [1.807, 2.05) is 6.92 Å². The Bertz CT molecular complexity index is 1130. The minimum atomic E-state index is -0.552. The first kappa shape index (κ1) is 21.9. The highest BCUT2D eigenvalue weighted by Gasteiger charge is 2.27. The lowest BCUT2D eigenvalue weighted by molar-refractivity contribution is 0.0602. The van der Waals surface area contributed by atoms with Gasteiger partial charge in [-0.25, -0.2) is 9.37 Å². The molecule has 0 saturated carbocycles. The second kappa shape index (κ2) is 9.36. The molecule has 8 heteroatoms. The van der Waals surface area contributed by atoms with Gasteiger partial charge in [0.25, 0.3) is 11.5 Å². The van der Waals surface area contributed by atoms with Crippen LogP contribution in [0.3, 0.4) is 0 Å². The van der Waals surface area contributed by atoms with Crippen LogP contribution in [0.2, 0.25) is 5.02 Å². The van der Waals surface area contributed by atoms with Gasteiger partial charge in [0.2, 0.25) is 0 Å². The molecule has 0 N–H and O–H groups in total. The number of aromatic nitrogens is 2. The maximum atomic E-state index is 13.7. The maximum Gasteiger partial charge on any atom is 0.261 e. The van der Waals surface area contributed by atoms with Crippen LogP contribution in [0.25, 0.3) is 10.9 Å². The maximum absolute atomic E-state index is 13.7. The van der Waals surface area contributed by atoms with E-state index in [1.54, 1.807) is 31.2 Å². The van der Waals surface area contributed by atoms with E-state index in [4.69, 9.17) is 16.3 Å². The Hall–Kier alpha value is -2.77. The zero-order valence-electron chi connectivity index (χ0n) is 17.1. The second-order valence-electron chi connectivity index (χ2n) is 6.86. The van der Waals surface area contributed by atoms with Gasteiger partial charge >= 0.3 is 0 Å². The highest BCUT2D eigenvalue weighted by atomic mass is 35.5. The van der Waals surface area contributed by atoms with Crippen LogP contribution in [0, 0.1) is 5.82 Å². The van der Waals surface area contributed by atoms with Gasteiger partial charge in [0, 0.05) is 30.8 Å². The Morgan fingerprint density at radius 1 is 1.30 bits per heavy atom. The molecule has 2 aromatic carbocycles. The minimum Gasteiger partial charge on any atom is -0.383 e. The smallest absolute Gasteiger partial charge is 0.261 e. The summed E-state index contributed by atoms with van der Waals surface area (Å²) < 4.78 is 20.4. The second-order valence-corrected chi connectivity index (χ2v) is 7.29. The molecule has 0 bridgehead atoms. The lowest BCUT2D eigenvalue weighted by Crippen LogP contribution is -2.39. The lowest BCUT2D eigenvalue weighted by Gasteiger charge is -2.30. The average molecular weight is 432 g/mol. The zero-order valence-corrected chi connectivity index (χ0v) is 17.8. The quantitative estimate of drug-likeness (QED) is 0.566. The predicted octanol–water partition coefficient (Wildman–Crippen LogP) is 4.06. The monoisotopic (exact) mass is 431 g/mol. The van der Waals surface area contributed by atoms with Crippen molar-refractivity contribution in [3.05, 3.63) is 75.0 Å². The Kier molecular flexibility index (Phi) is 6.84. The van der Waals surface area contributed by atoms with Crippen LogP contribution in [0.5, 0.6) is 0 Å². The summed E-state index contributed by atoms with van der Waals surface area (Å²) in [5.74, 6) is -0.420. The molecule has 0 saturated heterocycles. The highest BCUT2D eigenvalue weighted by Crippen LogP contribution is 2.23. The molecule has 1 unspecified atom stereocenters. The number of rotatable bonds is 7. The van der Waals surface area contributed by atoms with Crippen molar-refractivity contribution in [2.24, 2.45) is 0 Å². The molecule has 0 spiro atoms. The number of methoxy groups -OCH3 is 1. The fraction of sp³-hybridized carbons (Fsp3) is 0.318. The number of benzene rings is 2. The molecule has 0 radical (unpaired) electrons. The van der Waals surface area contributed by atoms with Crippen LogP contribution in [-0.2, 0) is 11.3 Å². The molecule has 0 aliphatic rings. The van der Waals surface area contributed by atoms with Gasteiger partial charge in [-0.1, -0.05) is 17.7 Å². The topological polar surface area (TPSA) is 64.4 Å². The Morgan fingerprint density at radius 2 is 2.07 bits per heavy atom. The Morgan fingerprint density at radius 3 is 2.73 bits per heavy atom. The molecular weight excluding hydrogens is 409 g/mol. The number of ether oxygens (including phenoxy) is 1. The third kappa shape index (κ3) is 4.37. The summed E-state index contributed by atoms with van der Waals surface area (Å²) in [5.41, 5.74) is 0.494.